The van der Waals surface area contributed by atoms with Crippen molar-refractivity contribution in [2.45, 2.75) is 58.1 Å². The van der Waals surface area contributed by atoms with E-state index in [2.05, 4.69) is 5.32 Å². The first-order valence-electron chi connectivity index (χ1n) is 11.0. The van der Waals surface area contributed by atoms with E-state index in [0.29, 0.717) is 18.9 Å². The minimum atomic E-state index is -0.824. The van der Waals surface area contributed by atoms with E-state index < -0.39 is 23.7 Å². The second-order valence-electron chi connectivity index (χ2n) is 9.20. The molecule has 0 spiro atoms. The zero-order valence-electron chi connectivity index (χ0n) is 19.0. The molecule has 3 rings (SSSR count). The molecule has 31 heavy (non-hydrogen) atoms. The van der Waals surface area contributed by atoms with Crippen LogP contribution in [0, 0.1) is 5.92 Å². The maximum absolute atomic E-state index is 12.9. The van der Waals surface area contributed by atoms with Crippen molar-refractivity contribution in [2.75, 3.05) is 19.8 Å². The van der Waals surface area contributed by atoms with Crippen molar-refractivity contribution < 1.29 is 23.8 Å². The summed E-state index contributed by atoms with van der Waals surface area (Å²) in [7, 11) is 1.97. The molecule has 2 heterocycles. The Morgan fingerprint density at radius 1 is 1.23 bits per heavy atom. The first kappa shape index (κ1) is 23.1. The summed E-state index contributed by atoms with van der Waals surface area (Å²) >= 11 is 0. The maximum atomic E-state index is 12.9. The lowest BCUT2D eigenvalue weighted by Crippen LogP contribution is -2.45. The fourth-order valence-corrected chi connectivity index (χ4v) is 3.91. The zero-order valence-corrected chi connectivity index (χ0v) is 19.0. The van der Waals surface area contributed by atoms with Crippen molar-refractivity contribution in [3.8, 4) is 0 Å². The van der Waals surface area contributed by atoms with Gasteiger partial charge in [-0.15, -0.1) is 0 Å². The van der Waals surface area contributed by atoms with Gasteiger partial charge in [0, 0.05) is 43.8 Å². The standard InChI is InChI=1S/C24H34N2O5/c1-24(2,3)31-23(28)25-20(22(27)30-14-11-17-9-12-29-13-10-17)15-18-16-26(4)21-8-6-5-7-19(18)21/h5-8,16-17,20H,9-15H2,1-4H3,(H,25,28)/t20-/m1/s1. The number of rotatable bonds is 7. The lowest BCUT2D eigenvalue weighted by molar-refractivity contribution is -0.146. The van der Waals surface area contributed by atoms with Crippen LogP contribution < -0.4 is 5.32 Å². The number of benzene rings is 1. The molecule has 1 aromatic carbocycles. The summed E-state index contributed by atoms with van der Waals surface area (Å²) in [6, 6.07) is 7.17. The van der Waals surface area contributed by atoms with Crippen LogP contribution in [0.15, 0.2) is 30.5 Å². The predicted octanol–water partition coefficient (Wildman–Crippen LogP) is 3.97. The van der Waals surface area contributed by atoms with E-state index in [1.165, 1.54) is 0 Å². The highest BCUT2D eigenvalue weighted by Gasteiger charge is 2.27. The highest BCUT2D eigenvalue weighted by Crippen LogP contribution is 2.22. The molecule has 1 saturated heterocycles. The van der Waals surface area contributed by atoms with Gasteiger partial charge in [0.15, 0.2) is 0 Å². The summed E-state index contributed by atoms with van der Waals surface area (Å²) in [5.74, 6) is 0.0720. The molecule has 0 unspecified atom stereocenters. The highest BCUT2D eigenvalue weighted by molar-refractivity contribution is 5.86. The van der Waals surface area contributed by atoms with Gasteiger partial charge in [-0.25, -0.2) is 9.59 Å². The average molecular weight is 431 g/mol. The van der Waals surface area contributed by atoms with Gasteiger partial charge in [0.2, 0.25) is 0 Å². The van der Waals surface area contributed by atoms with E-state index in [0.717, 1.165) is 48.9 Å². The smallest absolute Gasteiger partial charge is 0.408 e. The molecule has 1 aliphatic heterocycles. The van der Waals surface area contributed by atoms with Gasteiger partial charge in [-0.1, -0.05) is 18.2 Å². The summed E-state index contributed by atoms with van der Waals surface area (Å²) in [4.78, 5) is 25.3. The normalized spacial score (nSPS) is 16.1. The predicted molar refractivity (Wildman–Crippen MR) is 119 cm³/mol. The van der Waals surface area contributed by atoms with Crippen molar-refractivity contribution in [1.82, 2.24) is 9.88 Å². The molecule has 1 aliphatic rings. The number of alkyl carbamates (subject to hydrolysis) is 1. The lowest BCUT2D eigenvalue weighted by atomic mass is 9.97. The average Bonchev–Trinajstić information content (AvgIpc) is 3.02. The van der Waals surface area contributed by atoms with Crippen molar-refractivity contribution in [3.05, 3.63) is 36.0 Å². The minimum absolute atomic E-state index is 0.330. The van der Waals surface area contributed by atoms with E-state index in [1.807, 2.05) is 42.1 Å². The molecule has 7 heteroatoms. The van der Waals surface area contributed by atoms with E-state index in [1.54, 1.807) is 20.8 Å². The lowest BCUT2D eigenvalue weighted by Gasteiger charge is -2.24. The second-order valence-corrected chi connectivity index (χ2v) is 9.20. The molecule has 1 aromatic heterocycles. The van der Waals surface area contributed by atoms with Crippen molar-refractivity contribution in [3.63, 3.8) is 0 Å². The number of carbonyl (C=O) groups excluding carboxylic acids is 2. The molecule has 1 atom stereocenters. The third kappa shape index (κ3) is 6.72. The first-order chi connectivity index (χ1) is 14.7. The van der Waals surface area contributed by atoms with Crippen LogP contribution in [0.4, 0.5) is 4.79 Å². The molecule has 170 valence electrons. The molecule has 0 bridgehead atoms. The molecule has 7 nitrogen and oxygen atoms in total. The number of nitrogens with one attached hydrogen (secondary N) is 1. The molecule has 1 amide bonds. The number of aromatic nitrogens is 1. The van der Waals surface area contributed by atoms with E-state index in [9.17, 15) is 9.59 Å². The van der Waals surface area contributed by atoms with Gasteiger partial charge in [-0.3, -0.25) is 0 Å². The molecule has 2 aromatic rings. The van der Waals surface area contributed by atoms with Gasteiger partial charge in [0.25, 0.3) is 0 Å². The van der Waals surface area contributed by atoms with Crippen LogP contribution in [0.1, 0.15) is 45.6 Å². The highest BCUT2D eigenvalue weighted by atomic mass is 16.6. The van der Waals surface area contributed by atoms with Gasteiger partial charge in [-0.2, -0.15) is 0 Å². The van der Waals surface area contributed by atoms with E-state index in [4.69, 9.17) is 14.2 Å². The maximum Gasteiger partial charge on any atom is 0.408 e. The number of para-hydroxylation sites is 1. The Hall–Kier alpha value is -2.54. The number of hydrogen-bond acceptors (Lipinski definition) is 5. The minimum Gasteiger partial charge on any atom is -0.464 e. The summed E-state index contributed by atoms with van der Waals surface area (Å²) in [5.41, 5.74) is 1.39. The molecular formula is C24H34N2O5. The second kappa shape index (κ2) is 10.2. The van der Waals surface area contributed by atoms with Gasteiger partial charge < -0.3 is 24.1 Å². The number of aryl methyl sites for hydroxylation is 1. The third-order valence-electron chi connectivity index (χ3n) is 5.49. The van der Waals surface area contributed by atoms with Crippen molar-refractivity contribution in [1.29, 1.82) is 0 Å². The zero-order chi connectivity index (χ0) is 22.4. The monoisotopic (exact) mass is 430 g/mol. The van der Waals surface area contributed by atoms with Crippen LogP contribution in [0.25, 0.3) is 10.9 Å². The van der Waals surface area contributed by atoms with Crippen LogP contribution in [0.2, 0.25) is 0 Å². The van der Waals surface area contributed by atoms with Gasteiger partial charge in [0.05, 0.1) is 6.61 Å². The Bertz CT molecular complexity index is 893. The summed E-state index contributed by atoms with van der Waals surface area (Å²) in [5, 5.41) is 3.77. The van der Waals surface area contributed by atoms with Crippen LogP contribution in [0.3, 0.4) is 0 Å². The Morgan fingerprint density at radius 2 is 1.94 bits per heavy atom. The van der Waals surface area contributed by atoms with Gasteiger partial charge >= 0.3 is 12.1 Å². The third-order valence-corrected chi connectivity index (χ3v) is 5.49. The van der Waals surface area contributed by atoms with Crippen molar-refractivity contribution >= 4 is 23.0 Å². The Kier molecular flexibility index (Phi) is 7.59. The molecule has 1 N–H and O–H groups in total. The topological polar surface area (TPSA) is 78.8 Å². The number of hydrogen-bond donors (Lipinski definition) is 1. The Balaban J connectivity index is 1.68. The number of fused-ring (bicyclic) bond motifs is 1. The van der Waals surface area contributed by atoms with Gasteiger partial charge in [-0.05, 0) is 57.6 Å². The van der Waals surface area contributed by atoms with Crippen LogP contribution in [-0.2, 0) is 32.5 Å². The molecule has 1 fully saturated rings. The van der Waals surface area contributed by atoms with Crippen LogP contribution >= 0.6 is 0 Å². The quantitative estimate of drug-likeness (QED) is 0.673. The summed E-state index contributed by atoms with van der Waals surface area (Å²) in [6.07, 6.45) is 4.49. The van der Waals surface area contributed by atoms with Crippen molar-refractivity contribution in [2.24, 2.45) is 13.0 Å². The Morgan fingerprint density at radius 3 is 2.65 bits per heavy atom. The summed E-state index contributed by atoms with van der Waals surface area (Å²) < 4.78 is 18.3. The largest absolute Gasteiger partial charge is 0.464 e. The molecule has 0 radical (unpaired) electrons. The van der Waals surface area contributed by atoms with E-state index in [-0.39, 0.29) is 0 Å². The molecule has 0 saturated carbocycles. The number of carbonyl (C=O) groups is 2. The first-order valence-corrected chi connectivity index (χ1v) is 11.0. The SMILES string of the molecule is Cn1cc(C[C@@H](NC(=O)OC(C)(C)C)C(=O)OCCC2CCOCC2)c2ccccc21. The number of esters is 1. The van der Waals surface area contributed by atoms with Crippen LogP contribution in [-0.4, -0.2) is 48.1 Å². The Labute approximate surface area is 184 Å². The molecular weight excluding hydrogens is 396 g/mol. The summed E-state index contributed by atoms with van der Waals surface area (Å²) in [6.45, 7) is 7.24. The van der Waals surface area contributed by atoms with E-state index >= 15 is 0 Å². The van der Waals surface area contributed by atoms with Crippen LogP contribution in [0.5, 0.6) is 0 Å². The number of ether oxygens (including phenoxy) is 3. The number of nitrogens with zero attached hydrogens (tertiary/aromatic N) is 1. The molecule has 0 aliphatic carbocycles. The number of amides is 1. The fourth-order valence-electron chi connectivity index (χ4n) is 3.91. The van der Waals surface area contributed by atoms with Gasteiger partial charge in [0.1, 0.15) is 11.6 Å². The fraction of sp³-hybridized carbons (Fsp3) is 0.583.